The van der Waals surface area contributed by atoms with Gasteiger partial charge in [0.05, 0.1) is 5.52 Å². The van der Waals surface area contributed by atoms with Crippen molar-refractivity contribution in [3.63, 3.8) is 0 Å². The Bertz CT molecular complexity index is 523. The van der Waals surface area contributed by atoms with Gasteiger partial charge in [-0.15, -0.1) is 0 Å². The van der Waals surface area contributed by atoms with Crippen LogP contribution in [-0.2, 0) is 6.42 Å². The molecular formula is C12H16N3P. The Morgan fingerprint density at radius 3 is 2.69 bits per heavy atom. The lowest BCUT2D eigenvalue weighted by molar-refractivity contribution is 0.961. The minimum atomic E-state index is -0.235. The van der Waals surface area contributed by atoms with Crippen LogP contribution in [0, 0.1) is 0 Å². The average molecular weight is 233 g/mol. The summed E-state index contributed by atoms with van der Waals surface area (Å²) in [6, 6.07) is 3.93. The molecule has 4 heteroatoms. The Hall–Kier alpha value is -1.21. The fourth-order valence-corrected chi connectivity index (χ4v) is 3.06. The second-order valence-electron chi connectivity index (χ2n) is 3.97. The monoisotopic (exact) mass is 233 g/mol. The second kappa shape index (κ2) is 4.34. The summed E-state index contributed by atoms with van der Waals surface area (Å²) in [7, 11) is -0.235. The highest BCUT2D eigenvalue weighted by atomic mass is 31.1. The van der Waals surface area contributed by atoms with E-state index >= 15 is 0 Å². The van der Waals surface area contributed by atoms with Crippen molar-refractivity contribution in [1.82, 2.24) is 9.97 Å². The molecule has 0 aliphatic rings. The van der Waals surface area contributed by atoms with Crippen molar-refractivity contribution >= 4 is 29.8 Å². The van der Waals surface area contributed by atoms with E-state index in [1.54, 1.807) is 0 Å². The van der Waals surface area contributed by atoms with Gasteiger partial charge in [0.25, 0.3) is 0 Å². The van der Waals surface area contributed by atoms with Crippen LogP contribution in [0.1, 0.15) is 12.7 Å². The number of aryl methyl sites for hydroxylation is 1. The highest BCUT2D eigenvalue weighted by Crippen LogP contribution is 2.31. The SMILES string of the molecule is CCc1ncc2c(P(C)C)c(N)ccc2n1. The number of nitrogens with zero attached hydrogens (tertiary/aromatic N) is 2. The number of fused-ring (bicyclic) bond motifs is 1. The molecule has 1 aromatic heterocycles. The standard InChI is InChI=1S/C12H16N3P/c1-4-11-14-7-8-10(15-11)6-5-9(13)12(8)16(2)3/h5-7H,4,13H2,1-3H3. The minimum absolute atomic E-state index is 0.235. The van der Waals surface area contributed by atoms with Crippen LogP contribution in [0.4, 0.5) is 5.69 Å². The maximum atomic E-state index is 6.02. The molecule has 1 heterocycles. The van der Waals surface area contributed by atoms with Crippen molar-refractivity contribution in [2.24, 2.45) is 0 Å². The molecule has 0 aliphatic heterocycles. The summed E-state index contributed by atoms with van der Waals surface area (Å²) in [5, 5.41) is 2.32. The van der Waals surface area contributed by atoms with Crippen molar-refractivity contribution in [2.75, 3.05) is 19.1 Å². The predicted octanol–water partition coefficient (Wildman–Crippen LogP) is 2.14. The van der Waals surface area contributed by atoms with Gasteiger partial charge in [0.15, 0.2) is 0 Å². The molecule has 3 nitrogen and oxygen atoms in total. The van der Waals surface area contributed by atoms with Crippen LogP contribution in [-0.4, -0.2) is 23.3 Å². The molecule has 0 atom stereocenters. The molecule has 2 rings (SSSR count). The van der Waals surface area contributed by atoms with Crippen LogP contribution >= 0.6 is 7.92 Å². The molecule has 2 aromatic rings. The highest BCUT2D eigenvalue weighted by Gasteiger charge is 2.10. The number of nitrogens with two attached hydrogens (primary N) is 1. The molecule has 16 heavy (non-hydrogen) atoms. The van der Waals surface area contributed by atoms with Gasteiger partial charge in [-0.2, -0.15) is 0 Å². The fraction of sp³-hybridized carbons (Fsp3) is 0.333. The van der Waals surface area contributed by atoms with Gasteiger partial charge < -0.3 is 5.73 Å². The Morgan fingerprint density at radius 2 is 2.06 bits per heavy atom. The van der Waals surface area contributed by atoms with Crippen molar-refractivity contribution in [3.05, 3.63) is 24.2 Å². The summed E-state index contributed by atoms with van der Waals surface area (Å²) in [4.78, 5) is 8.87. The molecule has 0 saturated heterocycles. The quantitative estimate of drug-likeness (QED) is 0.638. The molecule has 84 valence electrons. The Balaban J connectivity index is 2.74. The zero-order valence-corrected chi connectivity index (χ0v) is 10.8. The maximum absolute atomic E-state index is 6.02. The van der Waals surface area contributed by atoms with E-state index in [1.807, 2.05) is 18.3 Å². The van der Waals surface area contributed by atoms with Crippen LogP contribution in [0.25, 0.3) is 10.9 Å². The van der Waals surface area contributed by atoms with Crippen molar-refractivity contribution in [3.8, 4) is 0 Å². The summed E-state index contributed by atoms with van der Waals surface area (Å²) < 4.78 is 0. The van der Waals surface area contributed by atoms with Crippen molar-refractivity contribution in [1.29, 1.82) is 0 Å². The first-order valence-corrected chi connectivity index (χ1v) is 7.58. The molecule has 0 spiro atoms. The normalized spacial score (nSPS) is 11.2. The number of aromatic nitrogens is 2. The largest absolute Gasteiger partial charge is 0.398 e. The lowest BCUT2D eigenvalue weighted by Gasteiger charge is -2.13. The molecule has 0 unspecified atom stereocenters. The molecule has 0 radical (unpaired) electrons. The van der Waals surface area contributed by atoms with Gasteiger partial charge in [-0.25, -0.2) is 9.97 Å². The Labute approximate surface area is 96.9 Å². The number of hydrogen-bond donors (Lipinski definition) is 1. The van der Waals surface area contributed by atoms with Gasteiger partial charge in [-0.1, -0.05) is 14.8 Å². The number of benzene rings is 1. The third-order valence-corrected chi connectivity index (χ3v) is 3.97. The zero-order valence-electron chi connectivity index (χ0n) is 9.86. The lowest BCUT2D eigenvalue weighted by atomic mass is 10.2. The molecule has 0 saturated carbocycles. The third kappa shape index (κ3) is 1.88. The number of hydrogen-bond acceptors (Lipinski definition) is 3. The van der Waals surface area contributed by atoms with Crippen LogP contribution in [0.5, 0.6) is 0 Å². The summed E-state index contributed by atoms with van der Waals surface area (Å²) >= 11 is 0. The van der Waals surface area contributed by atoms with Gasteiger partial charge >= 0.3 is 0 Å². The first kappa shape index (κ1) is 11.3. The molecule has 0 amide bonds. The third-order valence-electron chi connectivity index (χ3n) is 2.58. The van der Waals surface area contributed by atoms with Gasteiger partial charge in [-0.3, -0.25) is 0 Å². The molecule has 0 bridgehead atoms. The van der Waals surface area contributed by atoms with Gasteiger partial charge in [0.1, 0.15) is 5.82 Å². The first-order valence-electron chi connectivity index (χ1n) is 5.35. The van der Waals surface area contributed by atoms with Crippen LogP contribution in [0.3, 0.4) is 0 Å². The minimum Gasteiger partial charge on any atom is -0.398 e. The molecule has 1 aromatic carbocycles. The van der Waals surface area contributed by atoms with Gasteiger partial charge in [0.2, 0.25) is 0 Å². The Morgan fingerprint density at radius 1 is 1.31 bits per heavy atom. The second-order valence-corrected chi connectivity index (χ2v) is 6.21. The number of anilines is 1. The van der Waals surface area contributed by atoms with Gasteiger partial charge in [-0.05, 0) is 25.5 Å². The highest BCUT2D eigenvalue weighted by molar-refractivity contribution is 7.65. The lowest BCUT2D eigenvalue weighted by Crippen LogP contribution is -2.10. The molecule has 2 N–H and O–H groups in total. The molecule has 0 aliphatic carbocycles. The van der Waals surface area contributed by atoms with Crippen molar-refractivity contribution in [2.45, 2.75) is 13.3 Å². The molecule has 0 fully saturated rings. The topological polar surface area (TPSA) is 51.8 Å². The number of rotatable bonds is 2. The van der Waals surface area contributed by atoms with Gasteiger partial charge in [0, 0.05) is 29.0 Å². The van der Waals surface area contributed by atoms with Crippen LogP contribution < -0.4 is 11.0 Å². The summed E-state index contributed by atoms with van der Waals surface area (Å²) in [6.07, 6.45) is 2.78. The molecular weight excluding hydrogens is 217 g/mol. The summed E-state index contributed by atoms with van der Waals surface area (Å²) in [6.45, 7) is 6.47. The smallest absolute Gasteiger partial charge is 0.128 e. The Kier molecular flexibility index (Phi) is 3.06. The van der Waals surface area contributed by atoms with E-state index in [-0.39, 0.29) is 7.92 Å². The van der Waals surface area contributed by atoms with E-state index in [9.17, 15) is 0 Å². The van der Waals surface area contributed by atoms with E-state index in [1.165, 1.54) is 5.30 Å². The zero-order chi connectivity index (χ0) is 11.7. The van der Waals surface area contributed by atoms with E-state index < -0.39 is 0 Å². The first-order chi connectivity index (χ1) is 7.63. The predicted molar refractivity (Wildman–Crippen MR) is 71.7 cm³/mol. The summed E-state index contributed by atoms with van der Waals surface area (Å²) in [5.41, 5.74) is 7.88. The van der Waals surface area contributed by atoms with Crippen LogP contribution in [0.15, 0.2) is 18.3 Å². The van der Waals surface area contributed by atoms with E-state index in [2.05, 4.69) is 30.2 Å². The fourth-order valence-electron chi connectivity index (χ4n) is 1.82. The van der Waals surface area contributed by atoms with Crippen molar-refractivity contribution < 1.29 is 0 Å². The van der Waals surface area contributed by atoms with E-state index in [4.69, 9.17) is 5.73 Å². The van der Waals surface area contributed by atoms with E-state index in [0.29, 0.717) is 0 Å². The average Bonchev–Trinajstić information content (AvgIpc) is 2.27. The van der Waals surface area contributed by atoms with Crippen LogP contribution in [0.2, 0.25) is 0 Å². The number of nitrogen functional groups attached to an aromatic ring is 1. The maximum Gasteiger partial charge on any atom is 0.128 e. The summed E-state index contributed by atoms with van der Waals surface area (Å²) in [5.74, 6) is 0.889. The van der Waals surface area contributed by atoms with E-state index in [0.717, 1.165) is 28.8 Å².